The van der Waals surface area contributed by atoms with Gasteiger partial charge in [-0.1, -0.05) is 30.3 Å². The minimum Gasteiger partial charge on any atom is -0.456 e. The molecule has 2 aromatic carbocycles. The average molecular weight is 345 g/mol. The van der Waals surface area contributed by atoms with Crippen LogP contribution in [0.25, 0.3) is 22.3 Å². The van der Waals surface area contributed by atoms with Gasteiger partial charge in [0.2, 0.25) is 0 Å². The van der Waals surface area contributed by atoms with Crippen LogP contribution in [-0.4, -0.2) is 15.7 Å². The number of rotatable bonds is 3. The maximum absolute atomic E-state index is 12.5. The molecule has 128 valence electrons. The molecule has 26 heavy (non-hydrogen) atoms. The predicted octanol–water partition coefficient (Wildman–Crippen LogP) is 3.45. The van der Waals surface area contributed by atoms with E-state index in [2.05, 4.69) is 10.4 Å². The van der Waals surface area contributed by atoms with Crippen LogP contribution in [0.4, 0.5) is 5.69 Å². The van der Waals surface area contributed by atoms with Crippen molar-refractivity contribution in [2.45, 2.75) is 0 Å². The Labute approximate surface area is 148 Å². The van der Waals surface area contributed by atoms with Gasteiger partial charge in [-0.3, -0.25) is 14.3 Å². The van der Waals surface area contributed by atoms with Crippen LogP contribution in [0.2, 0.25) is 0 Å². The zero-order valence-electron chi connectivity index (χ0n) is 14.0. The maximum Gasteiger partial charge on any atom is 0.273 e. The van der Waals surface area contributed by atoms with Crippen molar-refractivity contribution in [1.29, 1.82) is 0 Å². The minimum atomic E-state index is -0.297. The molecule has 0 saturated heterocycles. The highest BCUT2D eigenvalue weighted by Gasteiger charge is 2.12. The fourth-order valence-corrected chi connectivity index (χ4v) is 2.77. The molecule has 1 amide bonds. The SMILES string of the molecule is Cn1nccc1C(=O)Nc1ccc2oc(-c3ccccc3)cc(=O)c2c1. The monoisotopic (exact) mass is 345 g/mol. The van der Waals surface area contributed by atoms with Gasteiger partial charge in [-0.15, -0.1) is 0 Å². The lowest BCUT2D eigenvalue weighted by atomic mass is 10.1. The van der Waals surface area contributed by atoms with Gasteiger partial charge < -0.3 is 9.73 Å². The molecule has 6 nitrogen and oxygen atoms in total. The van der Waals surface area contributed by atoms with Crippen LogP contribution < -0.4 is 10.7 Å². The molecule has 0 unspecified atom stereocenters. The molecule has 2 heterocycles. The van der Waals surface area contributed by atoms with Crippen LogP contribution in [0.5, 0.6) is 0 Å². The summed E-state index contributed by atoms with van der Waals surface area (Å²) in [5.41, 5.74) is 2.08. The first kappa shape index (κ1) is 15.8. The lowest BCUT2D eigenvalue weighted by Gasteiger charge is -2.07. The second-order valence-corrected chi connectivity index (χ2v) is 5.85. The number of nitrogens with zero attached hydrogens (tertiary/aromatic N) is 2. The van der Waals surface area contributed by atoms with Gasteiger partial charge in [0.15, 0.2) is 5.43 Å². The summed E-state index contributed by atoms with van der Waals surface area (Å²) in [6.07, 6.45) is 1.55. The van der Waals surface area contributed by atoms with E-state index in [1.54, 1.807) is 37.5 Å². The first-order valence-corrected chi connectivity index (χ1v) is 8.04. The molecule has 6 heteroatoms. The number of aromatic nitrogens is 2. The van der Waals surface area contributed by atoms with Crippen LogP contribution in [0.15, 0.2) is 76.1 Å². The summed E-state index contributed by atoms with van der Waals surface area (Å²) in [5.74, 6) is 0.212. The molecule has 0 aliphatic rings. The number of amides is 1. The molecule has 0 aliphatic heterocycles. The largest absolute Gasteiger partial charge is 0.456 e. The zero-order valence-corrected chi connectivity index (χ0v) is 14.0. The lowest BCUT2D eigenvalue weighted by Crippen LogP contribution is -2.16. The molecular weight excluding hydrogens is 330 g/mol. The Balaban J connectivity index is 1.70. The van der Waals surface area contributed by atoms with Crippen molar-refractivity contribution in [1.82, 2.24) is 9.78 Å². The normalized spacial score (nSPS) is 10.8. The van der Waals surface area contributed by atoms with Gasteiger partial charge in [0.1, 0.15) is 17.0 Å². The number of aryl methyl sites for hydroxylation is 1. The van der Waals surface area contributed by atoms with Crippen molar-refractivity contribution in [3.8, 4) is 11.3 Å². The predicted molar refractivity (Wildman–Crippen MR) is 99.1 cm³/mol. The average Bonchev–Trinajstić information content (AvgIpc) is 3.09. The zero-order chi connectivity index (χ0) is 18.1. The molecule has 0 spiro atoms. The molecule has 0 saturated carbocycles. The van der Waals surface area contributed by atoms with Crippen molar-refractivity contribution < 1.29 is 9.21 Å². The van der Waals surface area contributed by atoms with Crippen LogP contribution in [-0.2, 0) is 7.05 Å². The lowest BCUT2D eigenvalue weighted by molar-refractivity contribution is 0.101. The van der Waals surface area contributed by atoms with Crippen LogP contribution in [0, 0.1) is 0 Å². The molecule has 4 aromatic rings. The Kier molecular flexibility index (Phi) is 3.85. The molecule has 0 bridgehead atoms. The van der Waals surface area contributed by atoms with E-state index in [-0.39, 0.29) is 11.3 Å². The molecule has 4 rings (SSSR count). The Hall–Kier alpha value is -3.67. The van der Waals surface area contributed by atoms with Crippen molar-refractivity contribution in [3.05, 3.63) is 82.8 Å². The molecule has 0 radical (unpaired) electrons. The molecule has 0 atom stereocenters. The first-order valence-electron chi connectivity index (χ1n) is 8.04. The number of carbonyl (C=O) groups is 1. The van der Waals surface area contributed by atoms with Crippen LogP contribution in [0.1, 0.15) is 10.5 Å². The summed E-state index contributed by atoms with van der Waals surface area (Å²) in [5, 5.41) is 7.15. The third-order valence-electron chi connectivity index (χ3n) is 4.10. The quantitative estimate of drug-likeness (QED) is 0.617. The highest BCUT2D eigenvalue weighted by molar-refractivity contribution is 6.03. The fourth-order valence-electron chi connectivity index (χ4n) is 2.77. The number of nitrogens with one attached hydrogen (secondary N) is 1. The van der Waals surface area contributed by atoms with E-state index in [4.69, 9.17) is 4.42 Å². The van der Waals surface area contributed by atoms with Crippen molar-refractivity contribution in [2.24, 2.45) is 7.05 Å². The van der Waals surface area contributed by atoms with Gasteiger partial charge in [0.25, 0.3) is 5.91 Å². The van der Waals surface area contributed by atoms with E-state index in [0.29, 0.717) is 28.1 Å². The topological polar surface area (TPSA) is 77.1 Å². The first-order chi connectivity index (χ1) is 12.6. The van der Waals surface area contributed by atoms with E-state index >= 15 is 0 Å². The fraction of sp³-hybridized carbons (Fsp3) is 0.0500. The summed E-state index contributed by atoms with van der Waals surface area (Å²) in [4.78, 5) is 24.8. The Morgan fingerprint density at radius 1 is 1.08 bits per heavy atom. The van der Waals surface area contributed by atoms with E-state index in [9.17, 15) is 9.59 Å². The summed E-state index contributed by atoms with van der Waals surface area (Å²) >= 11 is 0. The van der Waals surface area contributed by atoms with Crippen LogP contribution >= 0.6 is 0 Å². The maximum atomic E-state index is 12.5. The molecule has 0 aliphatic carbocycles. The van der Waals surface area contributed by atoms with E-state index in [1.165, 1.54) is 10.7 Å². The summed E-state index contributed by atoms with van der Waals surface area (Å²) in [7, 11) is 1.69. The second-order valence-electron chi connectivity index (χ2n) is 5.85. The summed E-state index contributed by atoms with van der Waals surface area (Å²) < 4.78 is 7.34. The standard InChI is InChI=1S/C20H15N3O3/c1-23-16(9-10-21-23)20(25)22-14-7-8-18-15(11-14)17(24)12-19(26-18)13-5-3-2-4-6-13/h2-12H,1H3,(H,22,25). The smallest absolute Gasteiger partial charge is 0.273 e. The number of carbonyl (C=O) groups excluding carboxylic acids is 1. The Morgan fingerprint density at radius 3 is 2.62 bits per heavy atom. The van der Waals surface area contributed by atoms with Crippen molar-refractivity contribution >= 4 is 22.6 Å². The highest BCUT2D eigenvalue weighted by Crippen LogP contribution is 2.24. The van der Waals surface area contributed by atoms with Gasteiger partial charge in [0, 0.05) is 30.6 Å². The van der Waals surface area contributed by atoms with Gasteiger partial charge in [-0.05, 0) is 24.3 Å². The van der Waals surface area contributed by atoms with Crippen molar-refractivity contribution in [3.63, 3.8) is 0 Å². The summed E-state index contributed by atoms with van der Waals surface area (Å²) in [6.45, 7) is 0. The number of fused-ring (bicyclic) bond motifs is 1. The van der Waals surface area contributed by atoms with Crippen LogP contribution in [0.3, 0.4) is 0 Å². The van der Waals surface area contributed by atoms with Gasteiger partial charge in [-0.2, -0.15) is 5.10 Å². The van der Waals surface area contributed by atoms with Gasteiger partial charge in [0.05, 0.1) is 5.39 Å². The molecule has 1 N–H and O–H groups in total. The van der Waals surface area contributed by atoms with Crippen molar-refractivity contribution in [2.75, 3.05) is 5.32 Å². The Morgan fingerprint density at radius 2 is 1.88 bits per heavy atom. The molecule has 0 fully saturated rings. The van der Waals surface area contributed by atoms with E-state index in [1.807, 2.05) is 30.3 Å². The number of anilines is 1. The number of hydrogen-bond acceptors (Lipinski definition) is 4. The third-order valence-corrected chi connectivity index (χ3v) is 4.10. The van der Waals surface area contributed by atoms with Gasteiger partial charge >= 0.3 is 0 Å². The number of hydrogen-bond donors (Lipinski definition) is 1. The summed E-state index contributed by atoms with van der Waals surface area (Å²) in [6, 6.07) is 17.5. The minimum absolute atomic E-state index is 0.165. The third kappa shape index (κ3) is 2.88. The highest BCUT2D eigenvalue weighted by atomic mass is 16.3. The van der Waals surface area contributed by atoms with E-state index in [0.717, 1.165) is 5.56 Å². The second kappa shape index (κ2) is 6.33. The molecule has 2 aromatic heterocycles. The van der Waals surface area contributed by atoms with E-state index < -0.39 is 0 Å². The Bertz CT molecular complexity index is 1160. The van der Waals surface area contributed by atoms with Gasteiger partial charge in [-0.25, -0.2) is 0 Å². The molecular formula is C20H15N3O3. The number of benzene rings is 2.